The molecule has 1 amide bonds. The lowest BCUT2D eigenvalue weighted by Crippen LogP contribution is -2.39. The number of likely N-dealkylation sites (tertiary alicyclic amines) is 1. The molecule has 5 heteroatoms. The standard InChI is InChI=1S/C18H27N3O.ClH/c1-3-14-6-4-5-13(2)18(14)20-17(22)12-21-10-9-15-7-8-16(11-21)19-15;/h4-6,15-16,19H,3,7-12H2,1-2H3,(H,20,22);1H. The van der Waals surface area contributed by atoms with Crippen molar-refractivity contribution >= 4 is 24.0 Å². The highest BCUT2D eigenvalue weighted by Crippen LogP contribution is 2.22. The Labute approximate surface area is 145 Å². The van der Waals surface area contributed by atoms with E-state index < -0.39 is 0 Å². The van der Waals surface area contributed by atoms with Gasteiger partial charge in [0.1, 0.15) is 0 Å². The molecule has 2 heterocycles. The van der Waals surface area contributed by atoms with E-state index in [2.05, 4.69) is 47.6 Å². The number of aryl methyl sites for hydroxylation is 2. The SMILES string of the molecule is CCc1cccc(C)c1NC(=O)CN1CCC2CCC(C1)N2.Cl. The summed E-state index contributed by atoms with van der Waals surface area (Å²) in [6, 6.07) is 7.45. The van der Waals surface area contributed by atoms with E-state index in [4.69, 9.17) is 0 Å². The molecule has 0 aliphatic carbocycles. The van der Waals surface area contributed by atoms with Crippen LogP contribution in [0.3, 0.4) is 0 Å². The van der Waals surface area contributed by atoms with Gasteiger partial charge in [0, 0.05) is 30.9 Å². The maximum absolute atomic E-state index is 12.4. The average Bonchev–Trinajstić information content (AvgIpc) is 2.84. The number of rotatable bonds is 4. The third kappa shape index (κ3) is 4.46. The Morgan fingerprint density at radius 1 is 1.30 bits per heavy atom. The van der Waals surface area contributed by atoms with E-state index in [1.165, 1.54) is 18.4 Å². The summed E-state index contributed by atoms with van der Waals surface area (Å²) in [7, 11) is 0. The Kier molecular flexibility index (Phi) is 6.45. The maximum Gasteiger partial charge on any atom is 0.238 e. The lowest BCUT2D eigenvalue weighted by Gasteiger charge is -2.23. The fourth-order valence-electron chi connectivity index (χ4n) is 3.74. The summed E-state index contributed by atoms with van der Waals surface area (Å²) in [4.78, 5) is 14.7. The summed E-state index contributed by atoms with van der Waals surface area (Å²) in [5.74, 6) is 0.113. The number of amides is 1. The van der Waals surface area contributed by atoms with Crippen molar-refractivity contribution in [2.24, 2.45) is 0 Å². The van der Waals surface area contributed by atoms with Crippen LogP contribution in [0.25, 0.3) is 0 Å². The first-order chi connectivity index (χ1) is 10.7. The van der Waals surface area contributed by atoms with E-state index in [1.807, 2.05) is 0 Å². The van der Waals surface area contributed by atoms with E-state index in [-0.39, 0.29) is 18.3 Å². The van der Waals surface area contributed by atoms with Crippen LogP contribution in [-0.2, 0) is 11.2 Å². The Hall–Kier alpha value is -1.10. The van der Waals surface area contributed by atoms with Gasteiger partial charge < -0.3 is 10.6 Å². The molecule has 23 heavy (non-hydrogen) atoms. The largest absolute Gasteiger partial charge is 0.324 e. The minimum Gasteiger partial charge on any atom is -0.324 e. The number of halogens is 1. The Morgan fingerprint density at radius 2 is 2.09 bits per heavy atom. The molecule has 0 radical (unpaired) electrons. The zero-order valence-corrected chi connectivity index (χ0v) is 14.9. The van der Waals surface area contributed by atoms with Gasteiger partial charge in [0.2, 0.25) is 5.91 Å². The summed E-state index contributed by atoms with van der Waals surface area (Å²) in [5, 5.41) is 6.80. The van der Waals surface area contributed by atoms with Gasteiger partial charge in [0.25, 0.3) is 0 Å². The van der Waals surface area contributed by atoms with E-state index >= 15 is 0 Å². The minimum atomic E-state index is 0. The van der Waals surface area contributed by atoms with Crippen LogP contribution in [0.2, 0.25) is 0 Å². The zero-order chi connectivity index (χ0) is 15.5. The van der Waals surface area contributed by atoms with E-state index in [9.17, 15) is 4.79 Å². The highest BCUT2D eigenvalue weighted by atomic mass is 35.5. The van der Waals surface area contributed by atoms with Gasteiger partial charge in [-0.05, 0) is 43.7 Å². The molecule has 3 rings (SSSR count). The fraction of sp³-hybridized carbons (Fsp3) is 0.611. The van der Waals surface area contributed by atoms with Gasteiger partial charge in [-0.2, -0.15) is 0 Å². The number of benzene rings is 1. The number of hydrogen-bond donors (Lipinski definition) is 2. The molecule has 0 aromatic heterocycles. The molecule has 4 nitrogen and oxygen atoms in total. The van der Waals surface area contributed by atoms with Gasteiger partial charge in [0.15, 0.2) is 0 Å². The van der Waals surface area contributed by atoms with Gasteiger partial charge in [-0.1, -0.05) is 25.1 Å². The molecule has 2 bridgehead atoms. The van der Waals surface area contributed by atoms with Crippen molar-refractivity contribution in [2.45, 2.75) is 51.6 Å². The second kappa shape index (κ2) is 8.13. The van der Waals surface area contributed by atoms with Crippen molar-refractivity contribution < 1.29 is 4.79 Å². The second-order valence-electron chi connectivity index (χ2n) is 6.67. The summed E-state index contributed by atoms with van der Waals surface area (Å²) < 4.78 is 0. The van der Waals surface area contributed by atoms with Crippen molar-refractivity contribution in [1.82, 2.24) is 10.2 Å². The first-order valence-electron chi connectivity index (χ1n) is 8.52. The highest BCUT2D eigenvalue weighted by molar-refractivity contribution is 5.93. The molecule has 2 saturated heterocycles. The number of anilines is 1. The molecule has 2 fully saturated rings. The topological polar surface area (TPSA) is 44.4 Å². The Morgan fingerprint density at radius 3 is 2.87 bits per heavy atom. The van der Waals surface area contributed by atoms with Gasteiger partial charge in [0.05, 0.1) is 6.54 Å². The van der Waals surface area contributed by atoms with E-state index in [0.29, 0.717) is 18.6 Å². The van der Waals surface area contributed by atoms with Crippen molar-refractivity contribution in [1.29, 1.82) is 0 Å². The third-order valence-electron chi connectivity index (χ3n) is 4.98. The normalized spacial score (nSPS) is 23.9. The monoisotopic (exact) mass is 337 g/mol. The van der Waals surface area contributed by atoms with Crippen LogP contribution in [0.15, 0.2) is 18.2 Å². The number of carbonyl (C=O) groups excluding carboxylic acids is 1. The average molecular weight is 338 g/mol. The van der Waals surface area contributed by atoms with Crippen LogP contribution in [0, 0.1) is 6.92 Å². The Balaban J connectivity index is 0.00000192. The summed E-state index contributed by atoms with van der Waals surface area (Å²) in [6.45, 7) is 6.71. The van der Waals surface area contributed by atoms with Crippen molar-refractivity contribution in [3.8, 4) is 0 Å². The molecule has 1 aromatic carbocycles. The quantitative estimate of drug-likeness (QED) is 0.888. The molecule has 0 spiro atoms. The number of nitrogens with zero attached hydrogens (tertiary/aromatic N) is 1. The number of carbonyl (C=O) groups is 1. The molecular formula is C18H28ClN3O. The highest BCUT2D eigenvalue weighted by Gasteiger charge is 2.29. The Bertz CT molecular complexity index is 549. The summed E-state index contributed by atoms with van der Waals surface area (Å²) >= 11 is 0. The molecule has 2 N–H and O–H groups in total. The van der Waals surface area contributed by atoms with Crippen LogP contribution in [0.5, 0.6) is 0 Å². The van der Waals surface area contributed by atoms with Crippen molar-refractivity contribution in [3.63, 3.8) is 0 Å². The van der Waals surface area contributed by atoms with Gasteiger partial charge >= 0.3 is 0 Å². The van der Waals surface area contributed by atoms with E-state index in [1.54, 1.807) is 0 Å². The summed E-state index contributed by atoms with van der Waals surface area (Å²) in [5.41, 5.74) is 3.36. The number of fused-ring (bicyclic) bond motifs is 2. The molecule has 2 atom stereocenters. The summed E-state index contributed by atoms with van der Waals surface area (Å²) in [6.07, 6.45) is 4.65. The van der Waals surface area contributed by atoms with Gasteiger partial charge in [-0.15, -0.1) is 12.4 Å². The predicted molar refractivity (Wildman–Crippen MR) is 97.4 cm³/mol. The van der Waals surface area contributed by atoms with Crippen LogP contribution in [-0.4, -0.2) is 42.5 Å². The molecule has 2 aliphatic heterocycles. The predicted octanol–water partition coefficient (Wildman–Crippen LogP) is 2.74. The van der Waals surface area contributed by atoms with Crippen LogP contribution >= 0.6 is 12.4 Å². The van der Waals surface area contributed by atoms with Crippen LogP contribution in [0.4, 0.5) is 5.69 Å². The van der Waals surface area contributed by atoms with Gasteiger partial charge in [-0.25, -0.2) is 0 Å². The number of hydrogen-bond acceptors (Lipinski definition) is 3. The molecule has 0 saturated carbocycles. The first kappa shape index (κ1) is 18.2. The fourth-order valence-corrected chi connectivity index (χ4v) is 3.74. The lowest BCUT2D eigenvalue weighted by atomic mass is 10.1. The number of para-hydroxylation sites is 1. The second-order valence-corrected chi connectivity index (χ2v) is 6.67. The molecule has 1 aromatic rings. The molecule has 2 unspecified atom stereocenters. The van der Waals surface area contributed by atoms with Crippen LogP contribution < -0.4 is 10.6 Å². The lowest BCUT2D eigenvalue weighted by molar-refractivity contribution is -0.117. The van der Waals surface area contributed by atoms with E-state index in [0.717, 1.165) is 37.2 Å². The third-order valence-corrected chi connectivity index (χ3v) is 4.98. The van der Waals surface area contributed by atoms with Crippen molar-refractivity contribution in [2.75, 3.05) is 25.0 Å². The smallest absolute Gasteiger partial charge is 0.238 e. The van der Waals surface area contributed by atoms with Gasteiger partial charge in [-0.3, -0.25) is 9.69 Å². The first-order valence-corrected chi connectivity index (χ1v) is 8.52. The zero-order valence-electron chi connectivity index (χ0n) is 14.1. The van der Waals surface area contributed by atoms with Crippen LogP contribution in [0.1, 0.15) is 37.3 Å². The maximum atomic E-state index is 12.4. The minimum absolute atomic E-state index is 0. The molecule has 128 valence electrons. The molecule has 2 aliphatic rings. The molecular weight excluding hydrogens is 310 g/mol. The van der Waals surface area contributed by atoms with Crippen molar-refractivity contribution in [3.05, 3.63) is 29.3 Å². The number of nitrogens with one attached hydrogen (secondary N) is 2.